The number of nitrogen functional groups attached to an aromatic ring is 1. The van der Waals surface area contributed by atoms with E-state index >= 15 is 0 Å². The molecule has 1 atom stereocenters. The van der Waals surface area contributed by atoms with Crippen molar-refractivity contribution in [3.05, 3.63) is 5.15 Å². The minimum absolute atomic E-state index is 0.00299. The molecule has 1 aromatic heterocycles. The fourth-order valence-electron chi connectivity index (χ4n) is 0.979. The van der Waals surface area contributed by atoms with Crippen molar-refractivity contribution < 1.29 is 23.0 Å². The Kier molecular flexibility index (Phi) is 5.51. The predicted molar refractivity (Wildman–Crippen MR) is 60.6 cm³/mol. The highest BCUT2D eigenvalue weighted by molar-refractivity contribution is 6.31. The molecule has 19 heavy (non-hydrogen) atoms. The minimum Gasteiger partial charge on any atom is -0.389 e. The molecule has 0 saturated carbocycles. The molecule has 0 aliphatic carbocycles. The van der Waals surface area contributed by atoms with E-state index < -0.39 is 25.5 Å². The number of nitrogens with two attached hydrogens (primary N) is 1. The van der Waals surface area contributed by atoms with Crippen LogP contribution in [0.2, 0.25) is 5.15 Å². The summed E-state index contributed by atoms with van der Waals surface area (Å²) < 4.78 is 39.6. The van der Waals surface area contributed by atoms with Gasteiger partial charge in [-0.05, 0) is 0 Å². The molecule has 0 radical (unpaired) electrons. The molecule has 0 spiro atoms. The number of aliphatic hydroxyl groups is 1. The zero-order chi connectivity index (χ0) is 14.5. The number of ether oxygens (including phenoxy) is 1. The van der Waals surface area contributed by atoms with Crippen LogP contribution >= 0.6 is 11.6 Å². The van der Waals surface area contributed by atoms with Gasteiger partial charge < -0.3 is 20.9 Å². The minimum atomic E-state index is -4.43. The van der Waals surface area contributed by atoms with Crippen molar-refractivity contribution in [1.82, 2.24) is 15.2 Å². The van der Waals surface area contributed by atoms with E-state index in [1.54, 1.807) is 0 Å². The van der Waals surface area contributed by atoms with Crippen molar-refractivity contribution in [3.8, 4) is 0 Å². The largest absolute Gasteiger partial charge is 0.411 e. The van der Waals surface area contributed by atoms with Gasteiger partial charge >= 0.3 is 6.18 Å². The number of halogens is 4. The maximum atomic E-state index is 11.8. The Hall–Kier alpha value is -1.39. The molecule has 1 heterocycles. The van der Waals surface area contributed by atoms with Crippen molar-refractivity contribution in [2.45, 2.75) is 12.3 Å². The summed E-state index contributed by atoms with van der Waals surface area (Å²) in [5.74, 6) is -0.0567. The van der Waals surface area contributed by atoms with E-state index in [0.29, 0.717) is 0 Å². The quantitative estimate of drug-likeness (QED) is 0.700. The summed E-state index contributed by atoms with van der Waals surface area (Å²) in [4.78, 5) is 3.69. The average Bonchev–Trinajstić information content (AvgIpc) is 2.29. The van der Waals surface area contributed by atoms with Gasteiger partial charge in [0.05, 0.1) is 12.7 Å². The van der Waals surface area contributed by atoms with Crippen LogP contribution in [0.4, 0.5) is 24.9 Å². The van der Waals surface area contributed by atoms with Crippen LogP contribution in [0.3, 0.4) is 0 Å². The standard InChI is InChI=1S/C8H11ClF3N5O2/c9-5-6(13)15-7(17-16-5)14-1-4(18)2-19-3-8(10,11)12/h4,18H,1-3H2,(H3,13,14,15,17). The number of nitrogens with zero attached hydrogens (tertiary/aromatic N) is 3. The van der Waals surface area contributed by atoms with Crippen LogP contribution in [-0.2, 0) is 4.74 Å². The van der Waals surface area contributed by atoms with Gasteiger partial charge in [-0.15, -0.1) is 10.2 Å². The molecule has 11 heteroatoms. The van der Waals surface area contributed by atoms with Gasteiger partial charge in [0.15, 0.2) is 11.0 Å². The topological polar surface area (TPSA) is 106 Å². The van der Waals surface area contributed by atoms with E-state index in [-0.39, 0.29) is 23.5 Å². The van der Waals surface area contributed by atoms with Crippen LogP contribution in [0.15, 0.2) is 0 Å². The first-order valence-electron chi connectivity index (χ1n) is 5.00. The molecule has 1 unspecified atom stereocenters. The molecule has 7 nitrogen and oxygen atoms in total. The molecule has 108 valence electrons. The van der Waals surface area contributed by atoms with Gasteiger partial charge in [0.25, 0.3) is 0 Å². The monoisotopic (exact) mass is 301 g/mol. The van der Waals surface area contributed by atoms with Gasteiger partial charge in [-0.2, -0.15) is 18.2 Å². The lowest BCUT2D eigenvalue weighted by atomic mass is 10.4. The zero-order valence-corrected chi connectivity index (χ0v) is 10.2. The van der Waals surface area contributed by atoms with Gasteiger partial charge in [0.1, 0.15) is 6.61 Å². The average molecular weight is 302 g/mol. The SMILES string of the molecule is Nc1nc(NCC(O)COCC(F)(F)F)nnc1Cl. The molecular formula is C8H11ClF3N5O2. The summed E-state index contributed by atoms with van der Waals surface area (Å²) in [5.41, 5.74) is 5.36. The van der Waals surface area contributed by atoms with Crippen LogP contribution in [0, 0.1) is 0 Å². The third kappa shape index (κ3) is 6.36. The first kappa shape index (κ1) is 15.7. The van der Waals surface area contributed by atoms with E-state index in [9.17, 15) is 18.3 Å². The Morgan fingerprint density at radius 3 is 2.68 bits per heavy atom. The van der Waals surface area contributed by atoms with E-state index in [1.165, 1.54) is 0 Å². The first-order valence-corrected chi connectivity index (χ1v) is 5.38. The molecule has 4 N–H and O–H groups in total. The predicted octanol–water partition coefficient (Wildman–Crippen LogP) is 0.459. The Bertz CT molecular complexity index is 420. The molecule has 0 aliphatic heterocycles. The molecule has 0 saturated heterocycles. The van der Waals surface area contributed by atoms with E-state index in [2.05, 4.69) is 25.2 Å². The summed E-state index contributed by atoms with van der Waals surface area (Å²) >= 11 is 5.49. The highest BCUT2D eigenvalue weighted by Gasteiger charge is 2.27. The Labute approximate surface area is 110 Å². The number of nitrogens with one attached hydrogen (secondary N) is 1. The normalized spacial score (nSPS) is 13.3. The highest BCUT2D eigenvalue weighted by atomic mass is 35.5. The molecule has 0 aromatic carbocycles. The lowest BCUT2D eigenvalue weighted by Crippen LogP contribution is -2.28. The van der Waals surface area contributed by atoms with Crippen molar-refractivity contribution in [1.29, 1.82) is 0 Å². The number of hydrogen-bond donors (Lipinski definition) is 3. The second kappa shape index (κ2) is 6.68. The summed E-state index contributed by atoms with van der Waals surface area (Å²) in [7, 11) is 0. The van der Waals surface area contributed by atoms with Crippen molar-refractivity contribution in [3.63, 3.8) is 0 Å². The number of anilines is 2. The zero-order valence-electron chi connectivity index (χ0n) is 9.48. The van der Waals surface area contributed by atoms with Crippen molar-refractivity contribution in [2.75, 3.05) is 30.8 Å². The summed E-state index contributed by atoms with van der Waals surface area (Å²) in [6, 6.07) is 0. The molecule has 1 rings (SSSR count). The lowest BCUT2D eigenvalue weighted by molar-refractivity contribution is -0.178. The van der Waals surface area contributed by atoms with Crippen molar-refractivity contribution >= 4 is 23.4 Å². The van der Waals surface area contributed by atoms with Crippen LogP contribution in [0.25, 0.3) is 0 Å². The molecule has 1 aromatic rings. The molecule has 0 aliphatic rings. The Morgan fingerprint density at radius 1 is 1.42 bits per heavy atom. The van der Waals surface area contributed by atoms with Crippen LogP contribution in [0.1, 0.15) is 0 Å². The van der Waals surface area contributed by atoms with Gasteiger partial charge in [-0.25, -0.2) is 0 Å². The van der Waals surface area contributed by atoms with Crippen LogP contribution < -0.4 is 11.1 Å². The van der Waals surface area contributed by atoms with Gasteiger partial charge in [0.2, 0.25) is 5.95 Å². The summed E-state index contributed by atoms with van der Waals surface area (Å²) in [6.45, 7) is -2.03. The van der Waals surface area contributed by atoms with Crippen LogP contribution in [0.5, 0.6) is 0 Å². The number of aromatic nitrogens is 3. The lowest BCUT2D eigenvalue weighted by Gasteiger charge is -2.13. The Morgan fingerprint density at radius 2 is 2.11 bits per heavy atom. The van der Waals surface area contributed by atoms with E-state index in [0.717, 1.165) is 0 Å². The molecular weight excluding hydrogens is 291 g/mol. The smallest absolute Gasteiger partial charge is 0.389 e. The second-order valence-electron chi connectivity index (χ2n) is 3.48. The van der Waals surface area contributed by atoms with Crippen LogP contribution in [-0.4, -0.2) is 52.3 Å². The maximum Gasteiger partial charge on any atom is 0.411 e. The first-order chi connectivity index (χ1) is 8.78. The van der Waals surface area contributed by atoms with Gasteiger partial charge in [-0.3, -0.25) is 0 Å². The molecule has 0 amide bonds. The van der Waals surface area contributed by atoms with Gasteiger partial charge in [0, 0.05) is 6.54 Å². The third-order valence-electron chi connectivity index (χ3n) is 1.74. The second-order valence-corrected chi connectivity index (χ2v) is 3.83. The van der Waals surface area contributed by atoms with Crippen molar-refractivity contribution in [2.24, 2.45) is 0 Å². The summed E-state index contributed by atoms with van der Waals surface area (Å²) in [5, 5.41) is 18.8. The third-order valence-corrected chi connectivity index (χ3v) is 2.01. The highest BCUT2D eigenvalue weighted by Crippen LogP contribution is 2.14. The number of aliphatic hydroxyl groups excluding tert-OH is 1. The summed E-state index contributed by atoms with van der Waals surface area (Å²) in [6.07, 6.45) is -5.59. The van der Waals surface area contributed by atoms with E-state index in [1.807, 2.05) is 0 Å². The molecule has 0 bridgehead atoms. The van der Waals surface area contributed by atoms with Gasteiger partial charge in [-0.1, -0.05) is 11.6 Å². The van der Waals surface area contributed by atoms with E-state index in [4.69, 9.17) is 17.3 Å². The maximum absolute atomic E-state index is 11.8. The fraction of sp³-hybridized carbons (Fsp3) is 0.625. The fourth-order valence-corrected chi connectivity index (χ4v) is 1.06. The Balaban J connectivity index is 2.29. The number of hydrogen-bond acceptors (Lipinski definition) is 7. The molecule has 0 fully saturated rings. The number of alkyl halides is 3. The number of rotatable bonds is 6.